The molecule has 2 heteroatoms. The molecule has 1 rings (SSSR count). The van der Waals surface area contributed by atoms with Crippen molar-refractivity contribution < 1.29 is 0 Å². The van der Waals surface area contributed by atoms with Gasteiger partial charge in [0.05, 0.1) is 0 Å². The van der Waals surface area contributed by atoms with Crippen LogP contribution in [0.3, 0.4) is 0 Å². The summed E-state index contributed by atoms with van der Waals surface area (Å²) in [6.45, 7) is 4.64. The van der Waals surface area contributed by atoms with E-state index in [0.717, 1.165) is 3.93 Å². The molecule has 0 heterocycles. The van der Waals surface area contributed by atoms with Crippen LogP contribution in [0, 0.1) is 0 Å². The molecule has 0 unspecified atom stereocenters. The van der Waals surface area contributed by atoms with Crippen molar-refractivity contribution in [1.29, 1.82) is 0 Å². The van der Waals surface area contributed by atoms with E-state index in [1.54, 1.807) is 3.58 Å². The Morgan fingerprint density at radius 3 is 1.79 bits per heavy atom. The van der Waals surface area contributed by atoms with Crippen molar-refractivity contribution >= 4 is 24.7 Å². The van der Waals surface area contributed by atoms with Crippen LogP contribution in [0.5, 0.6) is 0 Å². The van der Waals surface area contributed by atoms with E-state index >= 15 is 0 Å². The second kappa shape index (κ2) is 8.30. The molecule has 0 aliphatic carbocycles. The van der Waals surface area contributed by atoms with Crippen LogP contribution >= 0.6 is 0 Å². The number of hydrogen-bond acceptors (Lipinski definition) is 1. The third-order valence-corrected chi connectivity index (χ3v) is 4.78. The second-order valence-corrected chi connectivity index (χ2v) is 9.77. The Morgan fingerprint density at radius 2 is 1.43 bits per heavy atom. The number of benzene rings is 1. The average molecular weight is 298 g/mol. The molecule has 2 radical (unpaired) electrons. The van der Waals surface area contributed by atoms with Gasteiger partial charge in [0.2, 0.25) is 0 Å². The topological polar surface area (TPSA) is 3.24 Å². The molecular formula is C12H21NSn. The van der Waals surface area contributed by atoms with E-state index in [2.05, 4.69) is 44.2 Å². The Labute approximate surface area is 98.7 Å². The van der Waals surface area contributed by atoms with Gasteiger partial charge in [0.15, 0.2) is 0 Å². The van der Waals surface area contributed by atoms with E-state index in [0.29, 0.717) is 0 Å². The number of nitrogens with zero attached hydrogens (tertiary/aromatic N) is 1. The zero-order chi connectivity index (χ0) is 11.0. The molecule has 0 atom stereocenters. The van der Waals surface area contributed by atoms with Gasteiger partial charge in [-0.3, -0.25) is 0 Å². The molecule has 0 aromatic heterocycles. The van der Waals surface area contributed by atoms with Crippen molar-refractivity contribution in [2.45, 2.75) is 17.8 Å². The van der Waals surface area contributed by atoms with E-state index in [1.807, 2.05) is 26.0 Å². The summed E-state index contributed by atoms with van der Waals surface area (Å²) in [7, 11) is 6.00. The molecule has 0 saturated heterocycles. The summed E-state index contributed by atoms with van der Waals surface area (Å²) in [4.78, 5) is 2.00. The minimum absolute atomic E-state index is 0.239. The summed E-state index contributed by atoms with van der Waals surface area (Å²) in [6, 6.07) is 10.9. The van der Waals surface area contributed by atoms with E-state index in [-0.39, 0.29) is 21.1 Å². The maximum absolute atomic E-state index is 2.32. The zero-order valence-electron chi connectivity index (χ0n) is 9.91. The summed E-state index contributed by atoms with van der Waals surface area (Å²) in [5, 5.41) is 0. The summed E-state index contributed by atoms with van der Waals surface area (Å²) < 4.78 is 2.55. The third kappa shape index (κ3) is 10.1. The molecular weight excluding hydrogens is 277 g/mol. The van der Waals surface area contributed by atoms with Crippen molar-refractivity contribution in [3.8, 4) is 0 Å². The van der Waals surface area contributed by atoms with Gasteiger partial charge in [-0.15, -0.1) is 0 Å². The van der Waals surface area contributed by atoms with Crippen molar-refractivity contribution in [2.24, 2.45) is 0 Å². The zero-order valence-corrected chi connectivity index (χ0v) is 12.8. The van der Waals surface area contributed by atoms with E-state index in [4.69, 9.17) is 0 Å². The molecule has 0 bridgehead atoms. The average Bonchev–Trinajstić information content (AvgIpc) is 2.03. The van der Waals surface area contributed by atoms with Gasteiger partial charge in [0.1, 0.15) is 0 Å². The molecule has 0 aliphatic rings. The van der Waals surface area contributed by atoms with E-state index in [1.165, 1.54) is 0 Å². The molecule has 0 N–H and O–H groups in total. The fourth-order valence-corrected chi connectivity index (χ4v) is 3.87. The Morgan fingerprint density at radius 1 is 1.00 bits per heavy atom. The summed E-state index contributed by atoms with van der Waals surface area (Å²) in [5.41, 5.74) is 0. The Hall–Kier alpha value is -0.0213. The van der Waals surface area contributed by atoms with Crippen LogP contribution in [0.15, 0.2) is 30.3 Å². The van der Waals surface area contributed by atoms with Crippen LogP contribution in [0.1, 0.15) is 13.8 Å². The molecule has 1 aromatic carbocycles. The summed E-state index contributed by atoms with van der Waals surface area (Å²) >= 11 is -0.239. The van der Waals surface area contributed by atoms with Crippen LogP contribution in [0.4, 0.5) is 0 Å². The van der Waals surface area contributed by atoms with Gasteiger partial charge in [0, 0.05) is 0 Å². The van der Waals surface area contributed by atoms with Gasteiger partial charge < -0.3 is 4.90 Å². The SMILES string of the molecule is CN(C)C.C[CH](C)[Sn][c]1ccccc1. The predicted molar refractivity (Wildman–Crippen MR) is 66.5 cm³/mol. The fraction of sp³-hybridized carbons (Fsp3) is 0.500. The molecule has 1 aromatic rings. The van der Waals surface area contributed by atoms with E-state index < -0.39 is 0 Å². The molecule has 14 heavy (non-hydrogen) atoms. The van der Waals surface area contributed by atoms with Crippen molar-refractivity contribution in [3.05, 3.63) is 30.3 Å². The predicted octanol–water partition coefficient (Wildman–Crippen LogP) is 2.02. The van der Waals surface area contributed by atoms with Crippen molar-refractivity contribution in [2.75, 3.05) is 21.1 Å². The molecule has 0 amide bonds. The Kier molecular flexibility index (Phi) is 8.29. The maximum atomic E-state index is 2.32. The van der Waals surface area contributed by atoms with Gasteiger partial charge in [-0.05, 0) is 21.1 Å². The first-order valence-corrected chi connectivity index (χ1v) is 8.02. The van der Waals surface area contributed by atoms with Crippen LogP contribution in [0.2, 0.25) is 3.93 Å². The van der Waals surface area contributed by atoms with Gasteiger partial charge in [-0.25, -0.2) is 0 Å². The Balaban J connectivity index is 0.000000364. The number of hydrogen-bond donors (Lipinski definition) is 0. The third-order valence-electron chi connectivity index (χ3n) is 1.23. The molecule has 0 saturated carbocycles. The summed E-state index contributed by atoms with van der Waals surface area (Å²) in [6.07, 6.45) is 0. The molecule has 0 spiro atoms. The van der Waals surface area contributed by atoms with Crippen LogP contribution < -0.4 is 3.58 Å². The van der Waals surface area contributed by atoms with Gasteiger partial charge in [-0.1, -0.05) is 0 Å². The number of rotatable bonds is 2. The van der Waals surface area contributed by atoms with Crippen LogP contribution in [0.25, 0.3) is 0 Å². The summed E-state index contributed by atoms with van der Waals surface area (Å²) in [5.74, 6) is 0. The monoisotopic (exact) mass is 299 g/mol. The Bertz CT molecular complexity index is 216. The van der Waals surface area contributed by atoms with Gasteiger partial charge in [-0.2, -0.15) is 0 Å². The van der Waals surface area contributed by atoms with Gasteiger partial charge >= 0.3 is 72.8 Å². The van der Waals surface area contributed by atoms with Gasteiger partial charge in [0.25, 0.3) is 0 Å². The first-order chi connectivity index (χ1) is 6.52. The van der Waals surface area contributed by atoms with Crippen LogP contribution in [-0.4, -0.2) is 47.2 Å². The molecule has 0 fully saturated rings. The quantitative estimate of drug-likeness (QED) is 0.755. The van der Waals surface area contributed by atoms with Crippen molar-refractivity contribution in [3.63, 3.8) is 0 Å². The molecule has 1 nitrogen and oxygen atoms in total. The van der Waals surface area contributed by atoms with Crippen molar-refractivity contribution in [1.82, 2.24) is 4.90 Å². The molecule has 78 valence electrons. The normalized spacial score (nSPS) is 9.93. The standard InChI is InChI=1S/C6H5.C3H9N.C3H7.Sn/c1-2-4-6-5-3-1;1-4(2)3;1-3-2;/h1-5H;1-3H3;3H,1-2H3;. The second-order valence-electron chi connectivity index (χ2n) is 4.01. The fourth-order valence-electron chi connectivity index (χ4n) is 0.868. The first kappa shape index (κ1) is 14.0. The first-order valence-electron chi connectivity index (χ1n) is 4.95. The van der Waals surface area contributed by atoms with Crippen LogP contribution in [-0.2, 0) is 0 Å². The molecule has 0 aliphatic heterocycles. The van der Waals surface area contributed by atoms with E-state index in [9.17, 15) is 0 Å². The minimum atomic E-state index is -0.239.